The molecule has 0 aliphatic rings. The average molecular weight is 188 g/mol. The van der Waals surface area contributed by atoms with Crippen molar-refractivity contribution in [1.82, 2.24) is 0 Å². The van der Waals surface area contributed by atoms with E-state index in [0.717, 1.165) is 0 Å². The lowest BCUT2D eigenvalue weighted by molar-refractivity contribution is 0.523. The van der Waals surface area contributed by atoms with Gasteiger partial charge in [-0.3, -0.25) is 0 Å². The maximum absolute atomic E-state index is 8.46. The van der Waals surface area contributed by atoms with Crippen LogP contribution in [0.25, 0.3) is 0 Å². The van der Waals surface area contributed by atoms with Crippen molar-refractivity contribution in [3.8, 4) is 0 Å². The van der Waals surface area contributed by atoms with E-state index < -0.39 is 17.4 Å². The molecule has 0 rings (SSSR count). The first kappa shape index (κ1) is 16.6. The molecule has 10 heavy (non-hydrogen) atoms. The molecule has 0 aromatic heterocycles. The van der Waals surface area contributed by atoms with Gasteiger partial charge >= 0.3 is 17.4 Å². The second kappa shape index (κ2) is 35.8. The van der Waals surface area contributed by atoms with Crippen LogP contribution in [0, 0.1) is 0 Å². The fraction of sp³-hybridized carbons (Fsp3) is 1.00. The van der Waals surface area contributed by atoms with Crippen LogP contribution in [0.5, 0.6) is 0 Å². The minimum Gasteiger partial charge on any atom is -0.329 e. The zero-order chi connectivity index (χ0) is 8.83. The van der Waals surface area contributed by atoms with Crippen molar-refractivity contribution < 1.29 is 18.9 Å². The maximum Gasteiger partial charge on any atom is 0.324 e. The Morgan fingerprint density at radius 3 is 1.10 bits per heavy atom. The first-order chi connectivity index (χ1) is 4.74. The average Bonchev–Trinajstić information content (AvgIpc) is 1.91. The van der Waals surface area contributed by atoms with Crippen LogP contribution in [0.15, 0.2) is 0 Å². The van der Waals surface area contributed by atoms with Crippen molar-refractivity contribution in [3.63, 3.8) is 0 Å². The second-order valence-corrected chi connectivity index (χ2v) is 1.07. The van der Waals surface area contributed by atoms with E-state index in [1.54, 1.807) is 0 Å². The van der Waals surface area contributed by atoms with Crippen LogP contribution >= 0.6 is 17.4 Å². The third-order valence-corrected chi connectivity index (χ3v) is 0.167. The largest absolute Gasteiger partial charge is 0.329 e. The predicted octanol–water partition coefficient (Wildman–Crippen LogP) is -0.725. The highest BCUT2D eigenvalue weighted by molar-refractivity contribution is 7.16. The molecule has 0 aliphatic carbocycles. The van der Waals surface area contributed by atoms with E-state index >= 15 is 0 Å². The fourth-order valence-electron chi connectivity index (χ4n) is 0. The molecular formula is C2H10N2O4P2. The summed E-state index contributed by atoms with van der Waals surface area (Å²) >= 11 is 0. The van der Waals surface area contributed by atoms with E-state index in [2.05, 4.69) is 0 Å². The molecule has 0 aromatic rings. The Morgan fingerprint density at radius 2 is 1.10 bits per heavy atom. The van der Waals surface area contributed by atoms with Crippen LogP contribution in [0.1, 0.15) is 0 Å². The van der Waals surface area contributed by atoms with Gasteiger partial charge in [-0.1, -0.05) is 0 Å². The first-order valence-electron chi connectivity index (χ1n) is 2.08. The zero-order valence-electron chi connectivity index (χ0n) is 5.17. The second-order valence-electron chi connectivity index (χ2n) is 0.741. The van der Waals surface area contributed by atoms with Gasteiger partial charge in [0, 0.05) is 13.1 Å². The molecule has 0 radical (unpaired) electrons. The van der Waals surface area contributed by atoms with E-state index in [1.165, 1.54) is 0 Å². The number of hydrogen-bond acceptors (Lipinski definition) is 4. The molecule has 8 heteroatoms. The van der Waals surface area contributed by atoms with Gasteiger partial charge in [-0.15, -0.1) is 0 Å². The van der Waals surface area contributed by atoms with Crippen LogP contribution in [0.2, 0.25) is 0 Å². The standard InChI is InChI=1S/C2H8N2.2HO2P/c3-1-2-4;2*1-3-2/h1-4H2;2*(H,1,2). The molecule has 6 N–H and O–H groups in total. The summed E-state index contributed by atoms with van der Waals surface area (Å²) < 4.78 is 16.9. The highest BCUT2D eigenvalue weighted by atomic mass is 31.1. The third-order valence-electron chi connectivity index (χ3n) is 0.167. The first-order valence-corrected chi connectivity index (χ1v) is 3.61. The van der Waals surface area contributed by atoms with Crippen LogP contribution in [-0.4, -0.2) is 22.9 Å². The molecule has 0 amide bonds. The predicted molar refractivity (Wildman–Crippen MR) is 37.8 cm³/mol. The normalized spacial score (nSPS) is 7.20. The summed E-state index contributed by atoms with van der Waals surface area (Å²) in [6.45, 7) is 1.19. The maximum atomic E-state index is 8.46. The fourth-order valence-corrected chi connectivity index (χ4v) is 0. The van der Waals surface area contributed by atoms with Crippen LogP contribution in [-0.2, 0) is 9.13 Å². The van der Waals surface area contributed by atoms with Gasteiger partial charge in [-0.2, -0.15) is 0 Å². The van der Waals surface area contributed by atoms with Crippen molar-refractivity contribution >= 4 is 17.4 Å². The highest BCUT2D eigenvalue weighted by Gasteiger charge is 1.54. The quantitative estimate of drug-likeness (QED) is 0.402. The SMILES string of the molecule is NCCN.O=PO.O=PO. The Bertz CT molecular complexity index is 55.2. The van der Waals surface area contributed by atoms with Gasteiger partial charge in [0.05, 0.1) is 0 Å². The van der Waals surface area contributed by atoms with Crippen molar-refractivity contribution in [1.29, 1.82) is 0 Å². The van der Waals surface area contributed by atoms with E-state index in [-0.39, 0.29) is 0 Å². The molecule has 6 nitrogen and oxygen atoms in total. The van der Waals surface area contributed by atoms with Gasteiger partial charge in [-0.25, -0.2) is 9.13 Å². The summed E-state index contributed by atoms with van der Waals surface area (Å²) in [5.74, 6) is 0. The third kappa shape index (κ3) is 368. The summed E-state index contributed by atoms with van der Waals surface area (Å²) in [5, 5.41) is 0. The summed E-state index contributed by atoms with van der Waals surface area (Å²) in [6.07, 6.45) is 0. The van der Waals surface area contributed by atoms with Crippen molar-refractivity contribution in [2.75, 3.05) is 13.1 Å². The van der Waals surface area contributed by atoms with Gasteiger partial charge in [0.1, 0.15) is 0 Å². The van der Waals surface area contributed by atoms with Gasteiger partial charge in [-0.05, 0) is 0 Å². The zero-order valence-corrected chi connectivity index (χ0v) is 6.96. The number of rotatable bonds is 1. The van der Waals surface area contributed by atoms with Gasteiger partial charge in [0.25, 0.3) is 0 Å². The molecule has 0 aliphatic heterocycles. The van der Waals surface area contributed by atoms with E-state index in [0.29, 0.717) is 13.1 Å². The van der Waals surface area contributed by atoms with Crippen LogP contribution in [0.3, 0.4) is 0 Å². The number of hydrogen-bond donors (Lipinski definition) is 4. The molecule has 0 spiro atoms. The smallest absolute Gasteiger partial charge is 0.324 e. The Labute approximate surface area is 61.8 Å². The van der Waals surface area contributed by atoms with E-state index in [4.69, 9.17) is 30.4 Å². The summed E-state index contributed by atoms with van der Waals surface area (Å²) in [4.78, 5) is 14.0. The molecule has 0 atom stereocenters. The molecular weight excluding hydrogens is 178 g/mol. The summed E-state index contributed by atoms with van der Waals surface area (Å²) in [5.41, 5.74) is 9.81. The molecule has 0 fully saturated rings. The lowest BCUT2D eigenvalue weighted by atomic mass is 10.7. The minimum atomic E-state index is -0.833. The van der Waals surface area contributed by atoms with E-state index in [9.17, 15) is 0 Å². The van der Waals surface area contributed by atoms with Crippen molar-refractivity contribution in [3.05, 3.63) is 0 Å². The van der Waals surface area contributed by atoms with E-state index in [1.807, 2.05) is 0 Å². The lowest BCUT2D eigenvalue weighted by Crippen LogP contribution is -2.11. The van der Waals surface area contributed by atoms with Gasteiger partial charge < -0.3 is 21.3 Å². The minimum absolute atomic E-state index is 0.597. The summed E-state index contributed by atoms with van der Waals surface area (Å²) in [6, 6.07) is 0. The Hall–Kier alpha value is 0.0400. The topological polar surface area (TPSA) is 127 Å². The molecule has 0 saturated heterocycles. The Balaban J connectivity index is -0.0000000750. The number of nitrogens with two attached hydrogens (primary N) is 2. The highest BCUT2D eigenvalue weighted by Crippen LogP contribution is 1.66. The Morgan fingerprint density at radius 1 is 1.00 bits per heavy atom. The van der Waals surface area contributed by atoms with Gasteiger partial charge in [0.15, 0.2) is 0 Å². The molecule has 0 saturated carbocycles. The molecule has 62 valence electrons. The molecule has 0 aromatic carbocycles. The summed E-state index contributed by atoms with van der Waals surface area (Å²) in [7, 11) is -1.67. The van der Waals surface area contributed by atoms with Gasteiger partial charge in [0.2, 0.25) is 0 Å². The van der Waals surface area contributed by atoms with Crippen molar-refractivity contribution in [2.45, 2.75) is 0 Å². The van der Waals surface area contributed by atoms with Crippen LogP contribution in [0.4, 0.5) is 0 Å². The monoisotopic (exact) mass is 188 g/mol. The molecule has 0 heterocycles. The molecule has 0 unspecified atom stereocenters. The Kier molecular flexibility index (Phi) is 59.3. The molecule has 0 bridgehead atoms. The van der Waals surface area contributed by atoms with Crippen LogP contribution < -0.4 is 11.5 Å². The van der Waals surface area contributed by atoms with Crippen molar-refractivity contribution in [2.24, 2.45) is 11.5 Å². The lowest BCUT2D eigenvalue weighted by Gasteiger charge is -1.72.